The Morgan fingerprint density at radius 3 is 2.54 bits per heavy atom. The van der Waals surface area contributed by atoms with Crippen LogP contribution in [0, 0.1) is 5.41 Å². The molecule has 0 bridgehead atoms. The SMILES string of the molecule is CC(C)(C)C(=O)SCOCCCO. The number of thioether (sulfide) groups is 1. The molecule has 0 radical (unpaired) electrons. The summed E-state index contributed by atoms with van der Waals surface area (Å²) in [6.07, 6.45) is 0.629. The van der Waals surface area contributed by atoms with Crippen molar-refractivity contribution < 1.29 is 14.6 Å². The Kier molecular flexibility index (Phi) is 6.37. The van der Waals surface area contributed by atoms with E-state index in [9.17, 15) is 4.79 Å². The summed E-state index contributed by atoms with van der Waals surface area (Å²) in [5.41, 5.74) is -0.301. The largest absolute Gasteiger partial charge is 0.396 e. The van der Waals surface area contributed by atoms with Crippen molar-refractivity contribution in [2.45, 2.75) is 27.2 Å². The van der Waals surface area contributed by atoms with Gasteiger partial charge in [-0.3, -0.25) is 4.79 Å². The molecule has 0 aromatic carbocycles. The first-order valence-electron chi connectivity index (χ1n) is 4.34. The minimum absolute atomic E-state index is 0.136. The molecule has 0 spiro atoms. The van der Waals surface area contributed by atoms with E-state index >= 15 is 0 Å². The lowest BCUT2D eigenvalue weighted by molar-refractivity contribution is -0.117. The Hall–Kier alpha value is -0.0600. The fourth-order valence-electron chi connectivity index (χ4n) is 0.537. The van der Waals surface area contributed by atoms with E-state index in [1.807, 2.05) is 20.8 Å². The van der Waals surface area contributed by atoms with Crippen LogP contribution in [-0.2, 0) is 9.53 Å². The van der Waals surface area contributed by atoms with Crippen molar-refractivity contribution in [3.8, 4) is 0 Å². The molecule has 0 amide bonds. The van der Waals surface area contributed by atoms with E-state index in [0.29, 0.717) is 19.0 Å². The molecule has 1 N–H and O–H groups in total. The van der Waals surface area contributed by atoms with Gasteiger partial charge in [0, 0.05) is 18.6 Å². The highest BCUT2D eigenvalue weighted by Gasteiger charge is 2.21. The molecule has 0 aromatic heterocycles. The van der Waals surface area contributed by atoms with E-state index in [2.05, 4.69) is 0 Å². The number of carbonyl (C=O) groups is 1. The Morgan fingerprint density at radius 1 is 1.46 bits per heavy atom. The van der Waals surface area contributed by atoms with Crippen LogP contribution >= 0.6 is 11.8 Å². The van der Waals surface area contributed by atoms with Crippen LogP contribution in [0.15, 0.2) is 0 Å². The van der Waals surface area contributed by atoms with Crippen LogP contribution in [0.4, 0.5) is 0 Å². The second-order valence-electron chi connectivity index (χ2n) is 3.79. The average Bonchev–Trinajstić information content (AvgIpc) is 2.02. The van der Waals surface area contributed by atoms with Gasteiger partial charge in [0.25, 0.3) is 0 Å². The van der Waals surface area contributed by atoms with Gasteiger partial charge in [-0.25, -0.2) is 0 Å². The van der Waals surface area contributed by atoms with Crippen molar-refractivity contribution >= 4 is 16.9 Å². The third kappa shape index (κ3) is 7.05. The Morgan fingerprint density at radius 2 is 2.08 bits per heavy atom. The van der Waals surface area contributed by atoms with Crippen LogP contribution in [0.2, 0.25) is 0 Å². The van der Waals surface area contributed by atoms with Crippen LogP contribution in [0.25, 0.3) is 0 Å². The topological polar surface area (TPSA) is 46.5 Å². The molecule has 0 unspecified atom stereocenters. The summed E-state index contributed by atoms with van der Waals surface area (Å²) in [7, 11) is 0. The number of rotatable bonds is 5. The maximum atomic E-state index is 11.3. The van der Waals surface area contributed by atoms with Gasteiger partial charge in [-0.1, -0.05) is 32.5 Å². The van der Waals surface area contributed by atoms with Crippen LogP contribution in [0.3, 0.4) is 0 Å². The van der Waals surface area contributed by atoms with E-state index in [1.54, 1.807) is 0 Å². The van der Waals surface area contributed by atoms with Gasteiger partial charge in [0.1, 0.15) is 0 Å². The molecule has 0 rings (SSSR count). The average molecular weight is 206 g/mol. The van der Waals surface area contributed by atoms with E-state index in [-0.39, 0.29) is 17.1 Å². The standard InChI is InChI=1S/C9H18O3S/c1-9(2,3)8(11)13-7-12-6-4-5-10/h10H,4-7H2,1-3H3. The molecule has 0 fully saturated rings. The van der Waals surface area contributed by atoms with Crippen molar-refractivity contribution in [2.75, 3.05) is 19.2 Å². The molecule has 0 saturated carbocycles. The van der Waals surface area contributed by atoms with E-state index in [0.717, 1.165) is 0 Å². The predicted octanol–water partition coefficient (Wildman–Crippen LogP) is 1.65. The van der Waals surface area contributed by atoms with Crippen LogP contribution in [-0.4, -0.2) is 29.4 Å². The van der Waals surface area contributed by atoms with Gasteiger partial charge in [0.15, 0.2) is 5.12 Å². The van der Waals surface area contributed by atoms with Crippen molar-refractivity contribution in [1.29, 1.82) is 0 Å². The molecule has 0 atom stereocenters. The lowest BCUT2D eigenvalue weighted by atomic mass is 10.00. The molecule has 0 aliphatic carbocycles. The number of ether oxygens (including phenoxy) is 1. The van der Waals surface area contributed by atoms with Gasteiger partial charge in [0.05, 0.1) is 5.94 Å². The monoisotopic (exact) mass is 206 g/mol. The van der Waals surface area contributed by atoms with Crippen LogP contribution < -0.4 is 0 Å². The third-order valence-electron chi connectivity index (χ3n) is 1.33. The smallest absolute Gasteiger partial charge is 0.196 e. The summed E-state index contributed by atoms with van der Waals surface area (Å²) in [6, 6.07) is 0. The number of aliphatic hydroxyl groups is 1. The Balaban J connectivity index is 3.38. The molecule has 4 heteroatoms. The first-order valence-corrected chi connectivity index (χ1v) is 5.33. The maximum absolute atomic E-state index is 11.3. The first kappa shape index (κ1) is 12.9. The molecule has 13 heavy (non-hydrogen) atoms. The van der Waals surface area contributed by atoms with Crippen molar-refractivity contribution in [3.63, 3.8) is 0 Å². The number of hydrogen-bond donors (Lipinski definition) is 1. The Bertz CT molecular complexity index is 151. The zero-order valence-corrected chi connectivity index (χ0v) is 9.32. The van der Waals surface area contributed by atoms with E-state index in [4.69, 9.17) is 9.84 Å². The highest BCUT2D eigenvalue weighted by molar-refractivity contribution is 8.13. The summed E-state index contributed by atoms with van der Waals surface area (Å²) >= 11 is 1.19. The number of aliphatic hydroxyl groups excluding tert-OH is 1. The fraction of sp³-hybridized carbons (Fsp3) is 0.889. The van der Waals surface area contributed by atoms with Gasteiger partial charge in [-0.15, -0.1) is 0 Å². The zero-order valence-electron chi connectivity index (χ0n) is 8.50. The summed E-state index contributed by atoms with van der Waals surface area (Å²) in [6.45, 7) is 6.31. The molecule has 0 saturated heterocycles. The van der Waals surface area contributed by atoms with Gasteiger partial charge in [-0.05, 0) is 6.42 Å². The fourth-order valence-corrected chi connectivity index (χ4v) is 1.28. The lowest BCUT2D eigenvalue weighted by Crippen LogP contribution is -2.17. The maximum Gasteiger partial charge on any atom is 0.196 e. The van der Waals surface area contributed by atoms with Crippen molar-refractivity contribution in [3.05, 3.63) is 0 Å². The van der Waals surface area contributed by atoms with Crippen LogP contribution in [0.1, 0.15) is 27.2 Å². The van der Waals surface area contributed by atoms with Gasteiger partial charge >= 0.3 is 0 Å². The molecule has 0 aliphatic rings. The predicted molar refractivity (Wildman–Crippen MR) is 54.6 cm³/mol. The second-order valence-corrected chi connectivity index (χ2v) is 4.68. The third-order valence-corrected chi connectivity index (χ3v) is 2.49. The second kappa shape index (κ2) is 6.40. The summed E-state index contributed by atoms with van der Waals surface area (Å²) in [5.74, 6) is 0.385. The molecular weight excluding hydrogens is 188 g/mol. The van der Waals surface area contributed by atoms with E-state index < -0.39 is 0 Å². The molecule has 78 valence electrons. The minimum Gasteiger partial charge on any atom is -0.396 e. The number of hydrogen-bond acceptors (Lipinski definition) is 4. The first-order chi connectivity index (χ1) is 5.98. The molecule has 3 nitrogen and oxygen atoms in total. The summed E-state index contributed by atoms with van der Waals surface area (Å²) in [4.78, 5) is 11.3. The molecule has 0 aromatic rings. The summed E-state index contributed by atoms with van der Waals surface area (Å²) < 4.78 is 5.12. The minimum atomic E-state index is -0.301. The zero-order chi connectivity index (χ0) is 10.3. The van der Waals surface area contributed by atoms with Gasteiger partial charge < -0.3 is 9.84 Å². The van der Waals surface area contributed by atoms with Crippen LogP contribution in [0.5, 0.6) is 0 Å². The summed E-state index contributed by atoms with van der Waals surface area (Å²) in [5, 5.41) is 8.59. The number of carbonyl (C=O) groups excluding carboxylic acids is 1. The molecular formula is C9H18O3S. The normalized spacial score (nSPS) is 11.7. The highest BCUT2D eigenvalue weighted by Crippen LogP contribution is 2.22. The quantitative estimate of drug-likeness (QED) is 0.549. The van der Waals surface area contributed by atoms with E-state index in [1.165, 1.54) is 11.8 Å². The van der Waals surface area contributed by atoms with Crippen molar-refractivity contribution in [1.82, 2.24) is 0 Å². The Labute approximate surface area is 83.9 Å². The molecule has 0 heterocycles. The lowest BCUT2D eigenvalue weighted by Gasteiger charge is -2.15. The van der Waals surface area contributed by atoms with Gasteiger partial charge in [-0.2, -0.15) is 0 Å². The molecule has 0 aliphatic heterocycles. The highest BCUT2D eigenvalue weighted by atomic mass is 32.2. The van der Waals surface area contributed by atoms with Gasteiger partial charge in [0.2, 0.25) is 0 Å². The van der Waals surface area contributed by atoms with Crippen molar-refractivity contribution in [2.24, 2.45) is 5.41 Å².